The van der Waals surface area contributed by atoms with Crippen LogP contribution in [0, 0.1) is 6.92 Å². The van der Waals surface area contributed by atoms with Gasteiger partial charge in [0.15, 0.2) is 0 Å². The van der Waals surface area contributed by atoms with Gasteiger partial charge >= 0.3 is 0 Å². The maximum Gasteiger partial charge on any atom is 0.0678 e. The van der Waals surface area contributed by atoms with Crippen molar-refractivity contribution in [1.82, 2.24) is 14.7 Å². The van der Waals surface area contributed by atoms with Crippen LogP contribution in [0.1, 0.15) is 24.1 Å². The summed E-state index contributed by atoms with van der Waals surface area (Å²) in [5, 5.41) is 4.49. The molecule has 1 unspecified atom stereocenters. The van der Waals surface area contributed by atoms with Gasteiger partial charge in [-0.2, -0.15) is 5.10 Å². The Balaban J connectivity index is 0.00000161. The summed E-state index contributed by atoms with van der Waals surface area (Å²) >= 11 is 0. The van der Waals surface area contributed by atoms with E-state index in [0.29, 0.717) is 6.04 Å². The normalized spacial score (nSPS) is 19.2. The van der Waals surface area contributed by atoms with E-state index in [1.54, 1.807) is 0 Å². The molecule has 0 amide bonds. The number of rotatable bonds is 3. The molecule has 1 fully saturated rings. The smallest absolute Gasteiger partial charge is 0.0678 e. The molecule has 2 aromatic rings. The van der Waals surface area contributed by atoms with E-state index in [1.165, 1.54) is 17.7 Å². The zero-order valence-corrected chi connectivity index (χ0v) is 13.2. The summed E-state index contributed by atoms with van der Waals surface area (Å²) in [5.74, 6) is 0. The third-order valence-corrected chi connectivity index (χ3v) is 3.99. The number of hydrogen-bond donors (Lipinski definition) is 1. The van der Waals surface area contributed by atoms with Crippen LogP contribution in [0.15, 0.2) is 36.5 Å². The molecule has 4 nitrogen and oxygen atoms in total. The minimum Gasteiger partial charge on any atom is -0.327 e. The predicted molar refractivity (Wildman–Crippen MR) is 88.0 cm³/mol. The fourth-order valence-electron chi connectivity index (χ4n) is 2.93. The van der Waals surface area contributed by atoms with Gasteiger partial charge in [0.2, 0.25) is 0 Å². The van der Waals surface area contributed by atoms with Crippen molar-refractivity contribution in [1.29, 1.82) is 0 Å². The monoisotopic (exact) mass is 306 g/mol. The Hall–Kier alpha value is -1.36. The first-order valence-electron chi connectivity index (χ1n) is 7.31. The first kappa shape index (κ1) is 16.0. The predicted octanol–water partition coefficient (Wildman–Crippen LogP) is 2.53. The van der Waals surface area contributed by atoms with Gasteiger partial charge in [-0.25, -0.2) is 4.68 Å². The largest absolute Gasteiger partial charge is 0.327 e. The van der Waals surface area contributed by atoms with Crippen LogP contribution in [-0.4, -0.2) is 33.8 Å². The second-order valence-electron chi connectivity index (χ2n) is 5.66. The van der Waals surface area contributed by atoms with Gasteiger partial charge in [-0.05, 0) is 44.0 Å². The molecule has 0 aliphatic carbocycles. The number of nitrogens with two attached hydrogens (primary N) is 1. The summed E-state index contributed by atoms with van der Waals surface area (Å²) in [6.07, 6.45) is 4.22. The number of aryl methyl sites for hydroxylation is 1. The lowest BCUT2D eigenvalue weighted by molar-refractivity contribution is 0.198. The van der Waals surface area contributed by atoms with E-state index in [-0.39, 0.29) is 12.4 Å². The molecule has 1 saturated heterocycles. The van der Waals surface area contributed by atoms with E-state index in [4.69, 9.17) is 5.73 Å². The first-order chi connectivity index (χ1) is 9.74. The zero-order chi connectivity index (χ0) is 13.9. The molecular formula is C16H23ClN4. The van der Waals surface area contributed by atoms with Crippen LogP contribution in [0.5, 0.6) is 0 Å². The Morgan fingerprint density at radius 1 is 1.29 bits per heavy atom. The van der Waals surface area contributed by atoms with Crippen molar-refractivity contribution in [3.63, 3.8) is 0 Å². The second kappa shape index (κ2) is 7.07. The highest BCUT2D eigenvalue weighted by atomic mass is 35.5. The summed E-state index contributed by atoms with van der Waals surface area (Å²) < 4.78 is 2.05. The van der Waals surface area contributed by atoms with Crippen molar-refractivity contribution in [2.45, 2.75) is 32.4 Å². The molecule has 1 aromatic heterocycles. The molecule has 2 heterocycles. The minimum absolute atomic E-state index is 0. The molecule has 0 spiro atoms. The van der Waals surface area contributed by atoms with Crippen LogP contribution in [0.25, 0.3) is 5.69 Å². The molecule has 1 aliphatic rings. The maximum absolute atomic E-state index is 6.06. The Kier molecular flexibility index (Phi) is 5.39. The van der Waals surface area contributed by atoms with Crippen molar-refractivity contribution < 1.29 is 0 Å². The molecule has 0 bridgehead atoms. The number of hydrogen-bond acceptors (Lipinski definition) is 3. The molecule has 3 rings (SSSR count). The van der Waals surface area contributed by atoms with Crippen molar-refractivity contribution in [3.8, 4) is 5.69 Å². The van der Waals surface area contributed by atoms with Gasteiger partial charge in [0.1, 0.15) is 0 Å². The van der Waals surface area contributed by atoms with E-state index >= 15 is 0 Å². The van der Waals surface area contributed by atoms with Crippen LogP contribution in [-0.2, 0) is 6.54 Å². The number of likely N-dealkylation sites (tertiary alicyclic amines) is 1. The average Bonchev–Trinajstić information content (AvgIpc) is 2.87. The maximum atomic E-state index is 6.06. The second-order valence-corrected chi connectivity index (χ2v) is 5.66. The van der Waals surface area contributed by atoms with E-state index < -0.39 is 0 Å². The number of piperidine rings is 1. The first-order valence-corrected chi connectivity index (χ1v) is 7.31. The Labute approximate surface area is 132 Å². The Bertz CT molecular complexity index is 581. The lowest BCUT2D eigenvalue weighted by atomic mass is 10.1. The topological polar surface area (TPSA) is 47.1 Å². The third-order valence-electron chi connectivity index (χ3n) is 3.99. The fourth-order valence-corrected chi connectivity index (χ4v) is 2.93. The van der Waals surface area contributed by atoms with Crippen molar-refractivity contribution in [2.75, 3.05) is 13.1 Å². The molecule has 1 atom stereocenters. The van der Waals surface area contributed by atoms with Crippen LogP contribution in [0.4, 0.5) is 0 Å². The van der Waals surface area contributed by atoms with E-state index in [2.05, 4.69) is 51.9 Å². The Morgan fingerprint density at radius 3 is 2.86 bits per heavy atom. The minimum atomic E-state index is 0. The molecule has 114 valence electrons. The van der Waals surface area contributed by atoms with Gasteiger partial charge in [-0.15, -0.1) is 12.4 Å². The van der Waals surface area contributed by atoms with Crippen LogP contribution in [0.2, 0.25) is 0 Å². The summed E-state index contributed by atoms with van der Waals surface area (Å²) in [4.78, 5) is 2.43. The number of nitrogens with zero attached hydrogens (tertiary/aromatic N) is 3. The van der Waals surface area contributed by atoms with Gasteiger partial charge < -0.3 is 5.73 Å². The molecular weight excluding hydrogens is 284 g/mol. The van der Waals surface area contributed by atoms with E-state index in [0.717, 1.165) is 31.7 Å². The van der Waals surface area contributed by atoms with Crippen molar-refractivity contribution in [2.24, 2.45) is 5.73 Å². The Morgan fingerprint density at radius 2 is 2.10 bits per heavy atom. The van der Waals surface area contributed by atoms with E-state index in [1.807, 2.05) is 6.20 Å². The molecule has 1 aromatic carbocycles. The summed E-state index contributed by atoms with van der Waals surface area (Å²) in [5.41, 5.74) is 9.70. The molecule has 5 heteroatoms. The third kappa shape index (κ3) is 3.64. The van der Waals surface area contributed by atoms with E-state index in [9.17, 15) is 0 Å². The number of para-hydroxylation sites is 1. The quantitative estimate of drug-likeness (QED) is 0.948. The number of benzene rings is 1. The van der Waals surface area contributed by atoms with Gasteiger partial charge in [-0.3, -0.25) is 4.90 Å². The summed E-state index contributed by atoms with van der Waals surface area (Å²) in [6, 6.07) is 10.8. The van der Waals surface area contributed by atoms with Crippen molar-refractivity contribution in [3.05, 3.63) is 47.8 Å². The fraction of sp³-hybridized carbons (Fsp3) is 0.438. The highest BCUT2D eigenvalue weighted by molar-refractivity contribution is 5.85. The van der Waals surface area contributed by atoms with Crippen molar-refractivity contribution >= 4 is 12.4 Å². The van der Waals surface area contributed by atoms with Gasteiger partial charge in [0.05, 0.1) is 11.4 Å². The molecule has 21 heavy (non-hydrogen) atoms. The van der Waals surface area contributed by atoms with Crippen LogP contribution < -0.4 is 5.73 Å². The highest BCUT2D eigenvalue weighted by Crippen LogP contribution is 2.18. The van der Waals surface area contributed by atoms with Gasteiger partial charge in [0, 0.05) is 25.3 Å². The van der Waals surface area contributed by atoms with Gasteiger partial charge in [-0.1, -0.05) is 18.2 Å². The number of halogens is 1. The lowest BCUT2D eigenvalue weighted by Crippen LogP contribution is -2.42. The summed E-state index contributed by atoms with van der Waals surface area (Å²) in [7, 11) is 0. The van der Waals surface area contributed by atoms with Crippen LogP contribution in [0.3, 0.4) is 0 Å². The zero-order valence-electron chi connectivity index (χ0n) is 12.4. The summed E-state index contributed by atoms with van der Waals surface area (Å²) in [6.45, 7) is 5.16. The molecule has 2 N–H and O–H groups in total. The van der Waals surface area contributed by atoms with Gasteiger partial charge in [0.25, 0.3) is 0 Å². The SMILES string of the molecule is Cc1ccccc1-n1nccc1CN1CCCC(N)C1.Cl. The lowest BCUT2D eigenvalue weighted by Gasteiger charge is -2.30. The number of aromatic nitrogens is 2. The molecule has 1 aliphatic heterocycles. The standard InChI is InChI=1S/C16H22N4.ClH/c1-13-5-2-3-7-16(13)20-15(8-9-18-20)12-19-10-4-6-14(17)11-19;/h2-3,5,7-9,14H,4,6,10-12,17H2,1H3;1H. The average molecular weight is 307 g/mol. The molecule has 0 radical (unpaired) electrons. The highest BCUT2D eigenvalue weighted by Gasteiger charge is 2.18. The molecule has 0 saturated carbocycles. The van der Waals surface area contributed by atoms with Crippen LogP contribution >= 0.6 is 12.4 Å².